The Kier molecular flexibility index (Phi) is 3.16. The van der Waals surface area contributed by atoms with Crippen LogP contribution in [0.3, 0.4) is 0 Å². The summed E-state index contributed by atoms with van der Waals surface area (Å²) in [5.41, 5.74) is 11.1. The molecule has 1 aromatic heterocycles. The molecule has 3 aromatic carbocycles. The zero-order valence-corrected chi connectivity index (χ0v) is 13.0. The average Bonchev–Trinajstić information content (AvgIpc) is 2.90. The van der Waals surface area contributed by atoms with E-state index in [9.17, 15) is 0 Å². The van der Waals surface area contributed by atoms with Gasteiger partial charge in [0.05, 0.1) is 5.69 Å². The fourth-order valence-electron chi connectivity index (χ4n) is 3.12. The lowest BCUT2D eigenvalue weighted by Gasteiger charge is -2.12. The maximum Gasteiger partial charge on any atom is 0.116 e. The van der Waals surface area contributed by atoms with E-state index in [2.05, 4.69) is 78.2 Å². The summed E-state index contributed by atoms with van der Waals surface area (Å²) in [7, 11) is 0. The van der Waals surface area contributed by atoms with Crippen molar-refractivity contribution in [3.63, 3.8) is 0 Å². The predicted molar refractivity (Wildman–Crippen MR) is 97.9 cm³/mol. The molecule has 0 atom stereocenters. The Morgan fingerprint density at radius 3 is 2.00 bits per heavy atom. The SMILES string of the molecule is Cc1ccc(-n2c(N)c3ccccc3c2-c2ccccc2)cc1. The molecule has 4 aromatic rings. The van der Waals surface area contributed by atoms with E-state index >= 15 is 0 Å². The molecular formula is C21H18N2. The molecule has 0 unspecified atom stereocenters. The molecule has 0 aliphatic carbocycles. The lowest BCUT2D eigenvalue weighted by molar-refractivity contribution is 1.10. The van der Waals surface area contributed by atoms with Crippen LogP contribution < -0.4 is 5.73 Å². The Labute approximate surface area is 135 Å². The van der Waals surface area contributed by atoms with Crippen LogP contribution >= 0.6 is 0 Å². The summed E-state index contributed by atoms with van der Waals surface area (Å²) in [6, 6.07) is 27.2. The highest BCUT2D eigenvalue weighted by molar-refractivity contribution is 6.04. The van der Waals surface area contributed by atoms with Gasteiger partial charge in [0, 0.05) is 16.5 Å². The minimum Gasteiger partial charge on any atom is -0.384 e. The third-order valence-electron chi connectivity index (χ3n) is 4.26. The zero-order chi connectivity index (χ0) is 15.8. The normalized spacial score (nSPS) is 11.0. The second-order valence-electron chi connectivity index (χ2n) is 5.82. The van der Waals surface area contributed by atoms with Gasteiger partial charge in [0.1, 0.15) is 5.82 Å². The topological polar surface area (TPSA) is 30.9 Å². The largest absolute Gasteiger partial charge is 0.384 e. The van der Waals surface area contributed by atoms with Gasteiger partial charge in [0.15, 0.2) is 0 Å². The number of fused-ring (bicyclic) bond motifs is 1. The van der Waals surface area contributed by atoms with Crippen LogP contribution in [0.4, 0.5) is 5.82 Å². The molecule has 0 bridgehead atoms. The van der Waals surface area contributed by atoms with Crippen molar-refractivity contribution in [1.29, 1.82) is 0 Å². The number of hydrogen-bond acceptors (Lipinski definition) is 1. The van der Waals surface area contributed by atoms with Gasteiger partial charge in [0.25, 0.3) is 0 Å². The van der Waals surface area contributed by atoms with Crippen molar-refractivity contribution in [1.82, 2.24) is 4.57 Å². The highest BCUT2D eigenvalue weighted by Gasteiger charge is 2.17. The number of aryl methyl sites for hydroxylation is 1. The van der Waals surface area contributed by atoms with Gasteiger partial charge in [-0.1, -0.05) is 72.3 Å². The second kappa shape index (κ2) is 5.33. The standard InChI is InChI=1S/C21H18N2/c1-15-11-13-17(14-12-15)23-20(16-7-3-2-4-8-16)18-9-5-6-10-19(18)21(23)22/h2-14H,22H2,1H3. The number of nitrogens with two attached hydrogens (primary N) is 1. The highest BCUT2D eigenvalue weighted by atomic mass is 15.1. The first-order chi connectivity index (χ1) is 11.3. The Bertz CT molecular complexity index is 964. The molecule has 0 radical (unpaired) electrons. The van der Waals surface area contributed by atoms with Crippen molar-refractivity contribution in [2.24, 2.45) is 0 Å². The van der Waals surface area contributed by atoms with Crippen LogP contribution in [0.1, 0.15) is 5.56 Å². The van der Waals surface area contributed by atoms with Gasteiger partial charge in [-0.2, -0.15) is 0 Å². The quantitative estimate of drug-likeness (QED) is 0.542. The number of hydrogen-bond donors (Lipinski definition) is 1. The summed E-state index contributed by atoms with van der Waals surface area (Å²) in [6.45, 7) is 2.09. The predicted octanol–water partition coefficient (Wildman–Crippen LogP) is 5.19. The summed E-state index contributed by atoms with van der Waals surface area (Å²) in [6.07, 6.45) is 0. The molecule has 2 N–H and O–H groups in total. The molecule has 0 saturated heterocycles. The summed E-state index contributed by atoms with van der Waals surface area (Å²) in [5.74, 6) is 0.781. The molecule has 112 valence electrons. The van der Waals surface area contributed by atoms with E-state index < -0.39 is 0 Å². The van der Waals surface area contributed by atoms with Crippen molar-refractivity contribution in [3.8, 4) is 16.9 Å². The van der Waals surface area contributed by atoms with Gasteiger partial charge in [-0.3, -0.25) is 4.57 Å². The van der Waals surface area contributed by atoms with Crippen LogP contribution in [-0.4, -0.2) is 4.57 Å². The van der Waals surface area contributed by atoms with Gasteiger partial charge in [-0.15, -0.1) is 0 Å². The summed E-state index contributed by atoms with van der Waals surface area (Å²) < 4.78 is 2.15. The van der Waals surface area contributed by atoms with E-state index in [-0.39, 0.29) is 0 Å². The minimum atomic E-state index is 0.781. The molecule has 0 aliphatic heterocycles. The third kappa shape index (κ3) is 2.20. The Morgan fingerprint density at radius 2 is 1.30 bits per heavy atom. The molecule has 1 heterocycles. The number of nitrogen functional groups attached to an aromatic ring is 1. The number of rotatable bonds is 2. The third-order valence-corrected chi connectivity index (χ3v) is 4.26. The van der Waals surface area contributed by atoms with E-state index in [4.69, 9.17) is 5.73 Å². The number of anilines is 1. The molecule has 4 rings (SSSR count). The van der Waals surface area contributed by atoms with Crippen molar-refractivity contribution in [3.05, 3.63) is 84.4 Å². The van der Waals surface area contributed by atoms with Crippen LogP contribution in [0, 0.1) is 6.92 Å². The molecule has 0 aliphatic rings. The van der Waals surface area contributed by atoms with Crippen LogP contribution in [0.2, 0.25) is 0 Å². The zero-order valence-electron chi connectivity index (χ0n) is 13.0. The molecule has 0 saturated carbocycles. The molecule has 23 heavy (non-hydrogen) atoms. The maximum absolute atomic E-state index is 6.51. The van der Waals surface area contributed by atoms with E-state index in [1.54, 1.807) is 0 Å². The first-order valence-electron chi connectivity index (χ1n) is 7.77. The van der Waals surface area contributed by atoms with E-state index in [1.807, 2.05) is 12.1 Å². The number of nitrogens with zero attached hydrogens (tertiary/aromatic N) is 1. The van der Waals surface area contributed by atoms with E-state index in [0.717, 1.165) is 22.6 Å². The van der Waals surface area contributed by atoms with Crippen molar-refractivity contribution >= 4 is 16.6 Å². The van der Waals surface area contributed by atoms with Gasteiger partial charge in [0.2, 0.25) is 0 Å². The fourth-order valence-corrected chi connectivity index (χ4v) is 3.12. The summed E-state index contributed by atoms with van der Waals surface area (Å²) >= 11 is 0. The summed E-state index contributed by atoms with van der Waals surface area (Å²) in [4.78, 5) is 0. The fraction of sp³-hybridized carbons (Fsp3) is 0.0476. The van der Waals surface area contributed by atoms with Crippen molar-refractivity contribution in [2.45, 2.75) is 6.92 Å². The lowest BCUT2D eigenvalue weighted by Crippen LogP contribution is -2.01. The minimum absolute atomic E-state index is 0.781. The monoisotopic (exact) mass is 298 g/mol. The van der Waals surface area contributed by atoms with Crippen molar-refractivity contribution in [2.75, 3.05) is 5.73 Å². The van der Waals surface area contributed by atoms with E-state index in [0.29, 0.717) is 0 Å². The lowest BCUT2D eigenvalue weighted by atomic mass is 10.1. The Morgan fingerprint density at radius 1 is 0.696 bits per heavy atom. The van der Waals surface area contributed by atoms with Crippen LogP contribution in [0.15, 0.2) is 78.9 Å². The van der Waals surface area contributed by atoms with Gasteiger partial charge in [-0.25, -0.2) is 0 Å². The highest BCUT2D eigenvalue weighted by Crippen LogP contribution is 2.37. The summed E-state index contributed by atoms with van der Waals surface area (Å²) in [5, 5.41) is 2.27. The van der Waals surface area contributed by atoms with Gasteiger partial charge >= 0.3 is 0 Å². The molecular weight excluding hydrogens is 280 g/mol. The number of benzene rings is 3. The molecule has 2 nitrogen and oxygen atoms in total. The molecule has 0 spiro atoms. The van der Waals surface area contributed by atoms with Gasteiger partial charge in [-0.05, 0) is 24.6 Å². The van der Waals surface area contributed by atoms with Crippen LogP contribution in [-0.2, 0) is 0 Å². The first-order valence-corrected chi connectivity index (χ1v) is 7.77. The van der Waals surface area contributed by atoms with Crippen LogP contribution in [0.5, 0.6) is 0 Å². The van der Waals surface area contributed by atoms with Gasteiger partial charge < -0.3 is 5.73 Å². The Balaban J connectivity index is 2.10. The van der Waals surface area contributed by atoms with Crippen LogP contribution in [0.25, 0.3) is 27.7 Å². The molecule has 0 fully saturated rings. The molecule has 0 amide bonds. The second-order valence-corrected chi connectivity index (χ2v) is 5.82. The smallest absolute Gasteiger partial charge is 0.116 e. The van der Waals surface area contributed by atoms with Crippen molar-refractivity contribution < 1.29 is 0 Å². The first kappa shape index (κ1) is 13.6. The maximum atomic E-state index is 6.51. The van der Waals surface area contributed by atoms with E-state index in [1.165, 1.54) is 16.5 Å². The molecule has 2 heteroatoms. The average molecular weight is 298 g/mol. The Hall–Kier alpha value is -3.00. The number of aromatic nitrogens is 1.